The Balaban J connectivity index is 2.18. The third-order valence-electron chi connectivity index (χ3n) is 3.01. The molecule has 86 valence electrons. The van der Waals surface area contributed by atoms with E-state index in [2.05, 4.69) is 6.07 Å². The molecule has 0 N–H and O–H groups in total. The maximum absolute atomic E-state index is 12.0. The molecule has 0 atom stereocenters. The van der Waals surface area contributed by atoms with E-state index in [1.807, 2.05) is 18.2 Å². The highest BCUT2D eigenvalue weighted by Crippen LogP contribution is 2.28. The van der Waals surface area contributed by atoms with Crippen molar-refractivity contribution in [2.75, 3.05) is 0 Å². The van der Waals surface area contributed by atoms with Gasteiger partial charge in [0.05, 0.1) is 17.2 Å². The van der Waals surface area contributed by atoms with E-state index < -0.39 is 0 Å². The van der Waals surface area contributed by atoms with Crippen LogP contribution in [-0.2, 0) is 6.42 Å². The van der Waals surface area contributed by atoms with Crippen LogP contribution in [-0.4, -0.2) is 5.97 Å². The van der Waals surface area contributed by atoms with Gasteiger partial charge in [0.2, 0.25) is 0 Å². The zero-order chi connectivity index (χ0) is 12.5. The Morgan fingerprint density at radius 1 is 1.11 bits per heavy atom. The summed E-state index contributed by atoms with van der Waals surface area (Å²) in [7, 11) is 0. The topological polar surface area (TPSA) is 50.1 Å². The van der Waals surface area contributed by atoms with Crippen molar-refractivity contribution in [2.24, 2.45) is 0 Å². The van der Waals surface area contributed by atoms with E-state index in [0.717, 1.165) is 11.1 Å². The molecular formula is C15H9NO2. The van der Waals surface area contributed by atoms with Crippen LogP contribution in [0.1, 0.15) is 27.0 Å². The van der Waals surface area contributed by atoms with E-state index in [0.29, 0.717) is 23.3 Å². The van der Waals surface area contributed by atoms with E-state index in [1.54, 1.807) is 24.3 Å². The first-order valence-corrected chi connectivity index (χ1v) is 5.61. The van der Waals surface area contributed by atoms with E-state index in [9.17, 15) is 4.79 Å². The van der Waals surface area contributed by atoms with Gasteiger partial charge in [-0.25, -0.2) is 4.79 Å². The van der Waals surface area contributed by atoms with Crippen molar-refractivity contribution in [3.8, 4) is 11.8 Å². The quantitative estimate of drug-likeness (QED) is 0.521. The minimum Gasteiger partial charge on any atom is -0.423 e. The Labute approximate surface area is 104 Å². The fourth-order valence-corrected chi connectivity index (χ4v) is 2.12. The van der Waals surface area contributed by atoms with Crippen molar-refractivity contribution in [1.82, 2.24) is 0 Å². The van der Waals surface area contributed by atoms with Crippen LogP contribution in [0.5, 0.6) is 5.75 Å². The number of hydrogen-bond acceptors (Lipinski definition) is 3. The lowest BCUT2D eigenvalue weighted by Crippen LogP contribution is -2.08. The maximum Gasteiger partial charge on any atom is 0.343 e. The van der Waals surface area contributed by atoms with Gasteiger partial charge in [-0.3, -0.25) is 0 Å². The molecule has 2 aromatic rings. The summed E-state index contributed by atoms with van der Waals surface area (Å²) in [5.41, 5.74) is 2.88. The molecule has 3 nitrogen and oxygen atoms in total. The van der Waals surface area contributed by atoms with E-state index in [4.69, 9.17) is 10.00 Å². The zero-order valence-electron chi connectivity index (χ0n) is 9.51. The lowest BCUT2D eigenvalue weighted by molar-refractivity contribution is 0.0736. The van der Waals surface area contributed by atoms with E-state index in [-0.39, 0.29) is 5.97 Å². The first-order chi connectivity index (χ1) is 8.78. The number of hydrogen-bond donors (Lipinski definition) is 0. The van der Waals surface area contributed by atoms with Crippen LogP contribution in [0.4, 0.5) is 0 Å². The highest BCUT2D eigenvalue weighted by molar-refractivity contribution is 5.94. The number of benzene rings is 2. The first-order valence-electron chi connectivity index (χ1n) is 5.61. The lowest BCUT2D eigenvalue weighted by atomic mass is 9.98. The number of carbonyl (C=O) groups is 1. The number of para-hydroxylation sites is 1. The van der Waals surface area contributed by atoms with E-state index in [1.165, 1.54) is 0 Å². The van der Waals surface area contributed by atoms with Gasteiger partial charge >= 0.3 is 5.97 Å². The van der Waals surface area contributed by atoms with Gasteiger partial charge in [0, 0.05) is 6.42 Å². The molecule has 0 bridgehead atoms. The highest BCUT2D eigenvalue weighted by Gasteiger charge is 2.20. The Morgan fingerprint density at radius 3 is 2.78 bits per heavy atom. The van der Waals surface area contributed by atoms with Gasteiger partial charge in [0.25, 0.3) is 0 Å². The van der Waals surface area contributed by atoms with Crippen LogP contribution in [0.25, 0.3) is 0 Å². The summed E-state index contributed by atoms with van der Waals surface area (Å²) < 4.78 is 5.33. The van der Waals surface area contributed by atoms with Gasteiger partial charge in [-0.2, -0.15) is 5.26 Å². The predicted octanol–water partition coefficient (Wildman–Crippen LogP) is 2.68. The van der Waals surface area contributed by atoms with Crippen molar-refractivity contribution in [1.29, 1.82) is 5.26 Å². The SMILES string of the molecule is N#Cc1ccc2c(c1)Cc1ccccc1OC2=O. The minimum atomic E-state index is -0.362. The second kappa shape index (κ2) is 4.01. The smallest absolute Gasteiger partial charge is 0.343 e. The molecule has 1 heterocycles. The Morgan fingerprint density at radius 2 is 1.94 bits per heavy atom. The molecular weight excluding hydrogens is 226 g/mol. The van der Waals surface area contributed by atoms with Gasteiger partial charge in [-0.1, -0.05) is 18.2 Å². The van der Waals surface area contributed by atoms with Gasteiger partial charge in [-0.15, -0.1) is 0 Å². The summed E-state index contributed by atoms with van der Waals surface area (Å²) in [5.74, 6) is 0.233. The third-order valence-corrected chi connectivity index (χ3v) is 3.01. The van der Waals surface area contributed by atoms with Crippen LogP contribution in [0, 0.1) is 11.3 Å². The molecule has 0 radical (unpaired) electrons. The van der Waals surface area contributed by atoms with Crippen molar-refractivity contribution in [2.45, 2.75) is 6.42 Å². The average molecular weight is 235 g/mol. The van der Waals surface area contributed by atoms with Gasteiger partial charge in [0.1, 0.15) is 5.75 Å². The molecule has 1 aliphatic rings. The van der Waals surface area contributed by atoms with Crippen LogP contribution in [0.3, 0.4) is 0 Å². The van der Waals surface area contributed by atoms with Crippen LogP contribution in [0.15, 0.2) is 42.5 Å². The average Bonchev–Trinajstić information content (AvgIpc) is 2.54. The van der Waals surface area contributed by atoms with Gasteiger partial charge in [-0.05, 0) is 35.4 Å². The van der Waals surface area contributed by atoms with Crippen LogP contribution in [0.2, 0.25) is 0 Å². The predicted molar refractivity (Wildman–Crippen MR) is 65.4 cm³/mol. The molecule has 0 saturated heterocycles. The first kappa shape index (κ1) is 10.5. The summed E-state index contributed by atoms with van der Waals surface area (Å²) in [6.07, 6.45) is 0.604. The number of nitrogens with zero attached hydrogens (tertiary/aromatic N) is 1. The minimum absolute atomic E-state index is 0.362. The monoisotopic (exact) mass is 235 g/mol. The molecule has 0 spiro atoms. The number of carbonyl (C=O) groups excluding carboxylic acids is 1. The number of nitriles is 1. The van der Waals surface area contributed by atoms with Crippen LogP contribution < -0.4 is 4.74 Å². The zero-order valence-corrected chi connectivity index (χ0v) is 9.51. The molecule has 0 aromatic heterocycles. The fourth-order valence-electron chi connectivity index (χ4n) is 2.12. The largest absolute Gasteiger partial charge is 0.423 e. The normalized spacial score (nSPS) is 12.7. The molecule has 18 heavy (non-hydrogen) atoms. The number of esters is 1. The van der Waals surface area contributed by atoms with Crippen molar-refractivity contribution < 1.29 is 9.53 Å². The molecule has 0 amide bonds. The number of rotatable bonds is 0. The second-order valence-corrected chi connectivity index (χ2v) is 4.16. The second-order valence-electron chi connectivity index (χ2n) is 4.16. The standard InChI is InChI=1S/C15H9NO2/c16-9-10-5-6-13-12(7-10)8-11-3-1-2-4-14(11)18-15(13)17/h1-7H,8H2. The Kier molecular flexibility index (Phi) is 2.35. The molecule has 0 unspecified atom stereocenters. The molecule has 2 aromatic carbocycles. The van der Waals surface area contributed by atoms with E-state index >= 15 is 0 Å². The summed E-state index contributed by atoms with van der Waals surface area (Å²) in [4.78, 5) is 12.0. The molecule has 0 fully saturated rings. The fraction of sp³-hybridized carbons (Fsp3) is 0.0667. The van der Waals surface area contributed by atoms with Crippen molar-refractivity contribution in [3.05, 3.63) is 64.7 Å². The van der Waals surface area contributed by atoms with Gasteiger partial charge in [0.15, 0.2) is 0 Å². The number of fused-ring (bicyclic) bond motifs is 2. The molecule has 1 aliphatic heterocycles. The van der Waals surface area contributed by atoms with Gasteiger partial charge < -0.3 is 4.74 Å². The van der Waals surface area contributed by atoms with Crippen molar-refractivity contribution in [3.63, 3.8) is 0 Å². The molecule has 3 heteroatoms. The third kappa shape index (κ3) is 1.64. The lowest BCUT2D eigenvalue weighted by Gasteiger charge is -2.03. The number of ether oxygens (including phenoxy) is 1. The summed E-state index contributed by atoms with van der Waals surface area (Å²) in [5, 5.41) is 8.90. The van der Waals surface area contributed by atoms with Crippen LogP contribution >= 0.6 is 0 Å². The summed E-state index contributed by atoms with van der Waals surface area (Å²) >= 11 is 0. The van der Waals surface area contributed by atoms with Crippen molar-refractivity contribution >= 4 is 5.97 Å². The molecule has 0 saturated carbocycles. The Bertz CT molecular complexity index is 683. The molecule has 0 aliphatic carbocycles. The highest BCUT2D eigenvalue weighted by atomic mass is 16.5. The molecule has 3 rings (SSSR count). The summed E-state index contributed by atoms with van der Waals surface area (Å²) in [6.45, 7) is 0. The maximum atomic E-state index is 12.0. The Hall–Kier alpha value is -2.60. The summed E-state index contributed by atoms with van der Waals surface area (Å²) in [6, 6.07) is 14.6.